The number of hydrogen-bond acceptors (Lipinski definition) is 6. The topological polar surface area (TPSA) is 110 Å². The van der Waals surface area contributed by atoms with Gasteiger partial charge in [-0.3, -0.25) is 14.6 Å². The Bertz CT molecular complexity index is 1180. The minimum Gasteiger partial charge on any atom is -0.350 e. The monoisotopic (exact) mass is 456 g/mol. The van der Waals surface area contributed by atoms with E-state index in [-0.39, 0.29) is 11.8 Å². The molecule has 1 heterocycles. The molecule has 0 bridgehead atoms. The van der Waals surface area contributed by atoms with Gasteiger partial charge >= 0.3 is 0 Å². The minimum atomic E-state index is -0.742. The molecule has 8 heteroatoms. The van der Waals surface area contributed by atoms with Crippen molar-refractivity contribution in [1.29, 1.82) is 5.26 Å². The highest BCUT2D eigenvalue weighted by Gasteiger charge is 2.28. The van der Waals surface area contributed by atoms with Gasteiger partial charge in [-0.25, -0.2) is 0 Å². The van der Waals surface area contributed by atoms with Crippen LogP contribution >= 0.6 is 0 Å². The van der Waals surface area contributed by atoms with Gasteiger partial charge in [0.05, 0.1) is 19.2 Å². The molecule has 2 aromatic carbocycles. The average molecular weight is 457 g/mol. The van der Waals surface area contributed by atoms with Gasteiger partial charge in [-0.2, -0.15) is 10.4 Å². The molecule has 2 unspecified atom stereocenters. The SMILES string of the molecule is CCc1ccc(C(C#N)NC(=O)C2CN(CCNC(=O)C3=C(C)c4ccccc4C3)N=N2)cc1. The van der Waals surface area contributed by atoms with Gasteiger partial charge in [0.1, 0.15) is 6.04 Å². The molecule has 4 rings (SSSR count). The van der Waals surface area contributed by atoms with Crippen LogP contribution in [0.2, 0.25) is 0 Å². The molecule has 2 N–H and O–H groups in total. The second-order valence-corrected chi connectivity index (χ2v) is 8.49. The molecule has 2 aromatic rings. The quantitative estimate of drug-likeness (QED) is 0.636. The van der Waals surface area contributed by atoms with E-state index >= 15 is 0 Å². The van der Waals surface area contributed by atoms with Crippen molar-refractivity contribution < 1.29 is 9.59 Å². The van der Waals surface area contributed by atoms with E-state index < -0.39 is 12.1 Å². The number of aryl methyl sites for hydroxylation is 1. The van der Waals surface area contributed by atoms with Gasteiger partial charge in [-0.15, -0.1) is 0 Å². The summed E-state index contributed by atoms with van der Waals surface area (Å²) in [6.07, 6.45) is 1.55. The lowest BCUT2D eigenvalue weighted by Crippen LogP contribution is -2.40. The number of nitrogens with one attached hydrogen (secondary N) is 2. The predicted octanol–water partition coefficient (Wildman–Crippen LogP) is 3.13. The van der Waals surface area contributed by atoms with Gasteiger partial charge in [0.25, 0.3) is 0 Å². The number of rotatable bonds is 8. The zero-order chi connectivity index (χ0) is 24.1. The Labute approximate surface area is 199 Å². The Kier molecular flexibility index (Phi) is 7.02. The van der Waals surface area contributed by atoms with E-state index in [4.69, 9.17) is 0 Å². The third-order valence-electron chi connectivity index (χ3n) is 6.31. The van der Waals surface area contributed by atoms with E-state index in [0.717, 1.165) is 28.7 Å². The van der Waals surface area contributed by atoms with Gasteiger partial charge in [-0.05, 0) is 41.2 Å². The van der Waals surface area contributed by atoms with Crippen LogP contribution in [0.4, 0.5) is 0 Å². The number of allylic oxidation sites excluding steroid dienone is 1. The highest BCUT2D eigenvalue weighted by Crippen LogP contribution is 2.32. The second-order valence-electron chi connectivity index (χ2n) is 8.49. The fourth-order valence-electron chi connectivity index (χ4n) is 4.24. The Morgan fingerprint density at radius 3 is 2.68 bits per heavy atom. The molecular formula is C26H28N6O2. The fraction of sp³-hybridized carbons (Fsp3) is 0.346. The normalized spacial score (nSPS) is 17.3. The number of carbonyl (C=O) groups is 2. The summed E-state index contributed by atoms with van der Waals surface area (Å²) in [5, 5.41) is 25.0. The lowest BCUT2D eigenvalue weighted by Gasteiger charge is -2.16. The summed E-state index contributed by atoms with van der Waals surface area (Å²) < 4.78 is 0. The van der Waals surface area contributed by atoms with Crippen LogP contribution in [0.15, 0.2) is 64.4 Å². The van der Waals surface area contributed by atoms with Crippen molar-refractivity contribution in [3.63, 3.8) is 0 Å². The molecular weight excluding hydrogens is 428 g/mol. The molecule has 0 spiro atoms. The molecule has 2 amide bonds. The van der Waals surface area contributed by atoms with E-state index in [0.29, 0.717) is 26.1 Å². The third kappa shape index (κ3) is 4.99. The fourth-order valence-corrected chi connectivity index (χ4v) is 4.24. The molecule has 0 saturated heterocycles. The van der Waals surface area contributed by atoms with Crippen LogP contribution in [0, 0.1) is 11.3 Å². The highest BCUT2D eigenvalue weighted by atomic mass is 16.2. The van der Waals surface area contributed by atoms with E-state index in [9.17, 15) is 14.9 Å². The van der Waals surface area contributed by atoms with Gasteiger partial charge in [-0.1, -0.05) is 60.7 Å². The third-order valence-corrected chi connectivity index (χ3v) is 6.31. The van der Waals surface area contributed by atoms with Crippen molar-refractivity contribution in [2.45, 2.75) is 38.8 Å². The summed E-state index contributed by atoms with van der Waals surface area (Å²) in [6.45, 7) is 5.18. The van der Waals surface area contributed by atoms with Crippen LogP contribution in [0.25, 0.3) is 5.57 Å². The van der Waals surface area contributed by atoms with Gasteiger partial charge < -0.3 is 10.6 Å². The van der Waals surface area contributed by atoms with Crippen LogP contribution in [-0.2, 0) is 22.4 Å². The molecule has 1 aliphatic heterocycles. The minimum absolute atomic E-state index is 0.0786. The lowest BCUT2D eigenvalue weighted by atomic mass is 10.0. The second kappa shape index (κ2) is 10.3. The standard InChI is InChI=1S/C26H28N6O2/c1-3-18-8-10-19(11-9-18)23(15-27)29-26(34)24-16-32(31-30-24)13-12-28-25(33)22-14-20-6-4-5-7-21(20)17(22)2/h4-11,23-24H,3,12-14,16H2,1-2H3,(H,28,33)(H,29,34). The summed E-state index contributed by atoms with van der Waals surface area (Å²) in [5.41, 5.74) is 6.01. The van der Waals surface area contributed by atoms with Crippen LogP contribution < -0.4 is 10.6 Å². The largest absolute Gasteiger partial charge is 0.350 e. The smallest absolute Gasteiger partial charge is 0.250 e. The summed E-state index contributed by atoms with van der Waals surface area (Å²) in [4.78, 5) is 25.3. The zero-order valence-corrected chi connectivity index (χ0v) is 19.4. The maximum atomic E-state index is 12.7. The van der Waals surface area contributed by atoms with Gasteiger partial charge in [0.15, 0.2) is 6.04 Å². The van der Waals surface area contributed by atoms with Crippen molar-refractivity contribution in [3.05, 3.63) is 76.4 Å². The van der Waals surface area contributed by atoms with Crippen molar-refractivity contribution in [1.82, 2.24) is 15.6 Å². The maximum absolute atomic E-state index is 12.7. The van der Waals surface area contributed by atoms with E-state index in [1.54, 1.807) is 5.01 Å². The summed E-state index contributed by atoms with van der Waals surface area (Å²) in [7, 11) is 0. The van der Waals surface area contributed by atoms with Crippen LogP contribution in [-0.4, -0.2) is 42.5 Å². The molecule has 8 nitrogen and oxygen atoms in total. The van der Waals surface area contributed by atoms with Gasteiger partial charge in [0, 0.05) is 18.5 Å². The number of nitriles is 1. The van der Waals surface area contributed by atoms with E-state index in [2.05, 4.69) is 34.0 Å². The molecule has 0 aromatic heterocycles. The predicted molar refractivity (Wildman–Crippen MR) is 128 cm³/mol. The maximum Gasteiger partial charge on any atom is 0.250 e. The molecule has 0 fully saturated rings. The van der Waals surface area contributed by atoms with Crippen molar-refractivity contribution in [2.75, 3.05) is 19.6 Å². The lowest BCUT2D eigenvalue weighted by molar-refractivity contribution is -0.122. The average Bonchev–Trinajstić information content (AvgIpc) is 3.47. The zero-order valence-electron chi connectivity index (χ0n) is 19.4. The highest BCUT2D eigenvalue weighted by molar-refractivity contribution is 6.03. The Morgan fingerprint density at radius 1 is 1.21 bits per heavy atom. The molecule has 0 saturated carbocycles. The Hall–Kier alpha value is -3.99. The van der Waals surface area contributed by atoms with Crippen molar-refractivity contribution in [3.8, 4) is 6.07 Å². The molecule has 174 valence electrons. The van der Waals surface area contributed by atoms with Crippen molar-refractivity contribution >= 4 is 17.4 Å². The van der Waals surface area contributed by atoms with Crippen LogP contribution in [0.5, 0.6) is 0 Å². The Morgan fingerprint density at radius 2 is 1.97 bits per heavy atom. The molecule has 2 atom stereocenters. The molecule has 0 radical (unpaired) electrons. The number of benzene rings is 2. The first-order chi connectivity index (χ1) is 16.5. The van der Waals surface area contributed by atoms with E-state index in [1.807, 2.05) is 55.5 Å². The molecule has 1 aliphatic carbocycles. The molecule has 34 heavy (non-hydrogen) atoms. The van der Waals surface area contributed by atoms with Crippen LogP contribution in [0.3, 0.4) is 0 Å². The van der Waals surface area contributed by atoms with E-state index in [1.165, 1.54) is 11.1 Å². The summed E-state index contributed by atoms with van der Waals surface area (Å²) >= 11 is 0. The van der Waals surface area contributed by atoms with Crippen LogP contribution in [0.1, 0.15) is 42.1 Å². The van der Waals surface area contributed by atoms with Crippen molar-refractivity contribution in [2.24, 2.45) is 10.3 Å². The number of fused-ring (bicyclic) bond motifs is 1. The number of amides is 2. The first kappa shape index (κ1) is 23.2. The first-order valence-electron chi connectivity index (χ1n) is 11.5. The number of nitrogens with zero attached hydrogens (tertiary/aromatic N) is 4. The summed E-state index contributed by atoms with van der Waals surface area (Å²) in [6, 6.07) is 16.4. The van der Waals surface area contributed by atoms with Gasteiger partial charge in [0.2, 0.25) is 11.8 Å². The number of carbonyl (C=O) groups excluding carboxylic acids is 2. The first-order valence-corrected chi connectivity index (χ1v) is 11.5. The Balaban J connectivity index is 1.23. The molecule has 2 aliphatic rings. The summed E-state index contributed by atoms with van der Waals surface area (Å²) in [5.74, 6) is -0.420. The number of hydrogen-bond donors (Lipinski definition) is 2.